The van der Waals surface area contributed by atoms with Gasteiger partial charge in [0.15, 0.2) is 5.79 Å². The molecule has 1 aromatic carbocycles. The van der Waals surface area contributed by atoms with Crippen molar-refractivity contribution in [1.82, 2.24) is 4.98 Å². The molecule has 24 heavy (non-hydrogen) atoms. The minimum atomic E-state index is -0.529. The standard InChI is InChI=1S/C18H21NO3.C2H6/c1-11-17-16(21-18(2,3)22-17)10-15(20-11)14-9-8-12-6-4-5-7-13(12)19-14;1-2/h4-9,11,15-17H,10H2,1-3H3;1-2H3. The van der Waals surface area contributed by atoms with Crippen LogP contribution in [0.4, 0.5) is 0 Å². The predicted octanol–water partition coefficient (Wildman–Crippen LogP) is 4.63. The van der Waals surface area contributed by atoms with Gasteiger partial charge in [-0.3, -0.25) is 4.98 Å². The van der Waals surface area contributed by atoms with E-state index in [1.54, 1.807) is 0 Å². The molecule has 4 unspecified atom stereocenters. The molecule has 2 aromatic rings. The minimum Gasteiger partial charge on any atom is -0.366 e. The van der Waals surface area contributed by atoms with Crippen molar-refractivity contribution in [3.8, 4) is 0 Å². The molecule has 4 nitrogen and oxygen atoms in total. The second-order valence-electron chi connectivity index (χ2n) is 6.63. The summed E-state index contributed by atoms with van der Waals surface area (Å²) in [6.45, 7) is 9.97. The Balaban J connectivity index is 0.000000815. The van der Waals surface area contributed by atoms with E-state index in [-0.39, 0.29) is 24.4 Å². The summed E-state index contributed by atoms with van der Waals surface area (Å²) in [5, 5.41) is 1.15. The van der Waals surface area contributed by atoms with Crippen LogP contribution in [0.15, 0.2) is 36.4 Å². The number of fused-ring (bicyclic) bond motifs is 2. The van der Waals surface area contributed by atoms with Crippen LogP contribution in [0.2, 0.25) is 0 Å². The van der Waals surface area contributed by atoms with Crippen LogP contribution >= 0.6 is 0 Å². The molecule has 0 aliphatic carbocycles. The fourth-order valence-electron chi connectivity index (χ4n) is 3.50. The van der Waals surface area contributed by atoms with Gasteiger partial charge in [0.25, 0.3) is 0 Å². The van der Waals surface area contributed by atoms with Gasteiger partial charge in [-0.05, 0) is 32.9 Å². The zero-order chi connectivity index (χ0) is 17.3. The zero-order valence-corrected chi connectivity index (χ0v) is 15.2. The third-order valence-electron chi connectivity index (χ3n) is 4.46. The summed E-state index contributed by atoms with van der Waals surface area (Å²) in [5.41, 5.74) is 1.97. The number of benzene rings is 1. The third-order valence-corrected chi connectivity index (χ3v) is 4.46. The monoisotopic (exact) mass is 329 g/mol. The molecule has 0 amide bonds. The fraction of sp³-hybridized carbons (Fsp3) is 0.550. The van der Waals surface area contributed by atoms with Crippen molar-refractivity contribution in [2.24, 2.45) is 0 Å². The lowest BCUT2D eigenvalue weighted by molar-refractivity contribution is -0.156. The van der Waals surface area contributed by atoms with Crippen molar-refractivity contribution in [3.05, 3.63) is 42.1 Å². The first-order chi connectivity index (χ1) is 11.5. The number of nitrogens with zero attached hydrogens (tertiary/aromatic N) is 1. The van der Waals surface area contributed by atoms with E-state index in [9.17, 15) is 0 Å². The quantitative estimate of drug-likeness (QED) is 0.765. The molecule has 2 saturated heterocycles. The average Bonchev–Trinajstić information content (AvgIpc) is 2.91. The molecule has 130 valence electrons. The van der Waals surface area contributed by atoms with Crippen molar-refractivity contribution in [3.63, 3.8) is 0 Å². The van der Waals surface area contributed by atoms with E-state index in [0.29, 0.717) is 0 Å². The van der Waals surface area contributed by atoms with Gasteiger partial charge in [0.2, 0.25) is 0 Å². The molecule has 0 radical (unpaired) electrons. The van der Waals surface area contributed by atoms with Gasteiger partial charge in [0.1, 0.15) is 12.2 Å². The highest BCUT2D eigenvalue weighted by Crippen LogP contribution is 2.41. The topological polar surface area (TPSA) is 40.6 Å². The maximum absolute atomic E-state index is 6.16. The molecule has 0 saturated carbocycles. The Kier molecular flexibility index (Phi) is 4.90. The van der Waals surface area contributed by atoms with Gasteiger partial charge in [0.05, 0.1) is 23.4 Å². The molecule has 1 aromatic heterocycles. The van der Waals surface area contributed by atoms with Crippen LogP contribution in [0.1, 0.15) is 52.8 Å². The van der Waals surface area contributed by atoms with E-state index < -0.39 is 5.79 Å². The number of ether oxygens (including phenoxy) is 3. The highest BCUT2D eigenvalue weighted by molar-refractivity contribution is 5.78. The molecule has 3 heterocycles. The number of hydrogen-bond donors (Lipinski definition) is 0. The van der Waals surface area contributed by atoms with Gasteiger partial charge in [-0.25, -0.2) is 0 Å². The summed E-state index contributed by atoms with van der Waals surface area (Å²) >= 11 is 0. The fourth-order valence-corrected chi connectivity index (χ4v) is 3.50. The highest BCUT2D eigenvalue weighted by Gasteiger charge is 2.49. The first-order valence-corrected chi connectivity index (χ1v) is 8.89. The van der Waals surface area contributed by atoms with Gasteiger partial charge >= 0.3 is 0 Å². The summed E-state index contributed by atoms with van der Waals surface area (Å²) in [6.07, 6.45) is 0.810. The average molecular weight is 329 g/mol. The normalized spacial score (nSPS) is 31.2. The molecule has 4 heteroatoms. The molecule has 4 rings (SSSR count). The zero-order valence-electron chi connectivity index (χ0n) is 15.2. The van der Waals surface area contributed by atoms with Crippen molar-refractivity contribution in [2.75, 3.05) is 0 Å². The molecule has 2 aliphatic heterocycles. The number of pyridine rings is 1. The van der Waals surface area contributed by atoms with Crippen LogP contribution in [-0.4, -0.2) is 29.1 Å². The molecular weight excluding hydrogens is 302 g/mol. The van der Waals surface area contributed by atoms with Crippen LogP contribution in [0.5, 0.6) is 0 Å². The minimum absolute atomic E-state index is 0.00112. The lowest BCUT2D eigenvalue weighted by Gasteiger charge is -2.34. The van der Waals surface area contributed by atoms with E-state index in [1.165, 1.54) is 0 Å². The molecule has 2 fully saturated rings. The summed E-state index contributed by atoms with van der Waals surface area (Å²) in [6, 6.07) is 12.3. The number of aromatic nitrogens is 1. The van der Waals surface area contributed by atoms with Gasteiger partial charge in [0, 0.05) is 11.8 Å². The Labute approximate surface area is 144 Å². The molecular formula is C20H27NO3. The van der Waals surface area contributed by atoms with Crippen LogP contribution in [0, 0.1) is 0 Å². The van der Waals surface area contributed by atoms with E-state index in [1.807, 2.05) is 45.9 Å². The number of para-hydroxylation sites is 1. The summed E-state index contributed by atoms with van der Waals surface area (Å²) < 4.78 is 18.1. The van der Waals surface area contributed by atoms with Gasteiger partial charge in [-0.1, -0.05) is 38.1 Å². The summed E-state index contributed by atoms with van der Waals surface area (Å²) in [5.74, 6) is -0.529. The van der Waals surface area contributed by atoms with Crippen LogP contribution in [0.25, 0.3) is 10.9 Å². The molecule has 0 spiro atoms. The smallest absolute Gasteiger partial charge is 0.163 e. The van der Waals surface area contributed by atoms with E-state index in [0.717, 1.165) is 23.0 Å². The maximum Gasteiger partial charge on any atom is 0.163 e. The van der Waals surface area contributed by atoms with Crippen LogP contribution < -0.4 is 0 Å². The van der Waals surface area contributed by atoms with E-state index in [4.69, 9.17) is 19.2 Å². The Hall–Kier alpha value is -1.49. The Bertz CT molecular complexity index is 700. The first kappa shape index (κ1) is 17.3. The Morgan fingerprint density at radius 3 is 2.58 bits per heavy atom. The van der Waals surface area contributed by atoms with Gasteiger partial charge in [-0.2, -0.15) is 0 Å². The Morgan fingerprint density at radius 1 is 1.04 bits per heavy atom. The summed E-state index contributed by atoms with van der Waals surface area (Å²) in [4.78, 5) is 4.76. The first-order valence-electron chi connectivity index (χ1n) is 8.89. The van der Waals surface area contributed by atoms with Gasteiger partial charge < -0.3 is 14.2 Å². The SMILES string of the molecule is CC.CC1OC(c2ccc3ccccc3n2)CC2OC(C)(C)OC12. The lowest BCUT2D eigenvalue weighted by Crippen LogP contribution is -2.42. The second kappa shape index (κ2) is 6.79. The molecule has 2 aliphatic rings. The summed E-state index contributed by atoms with van der Waals surface area (Å²) in [7, 11) is 0. The van der Waals surface area contributed by atoms with Crippen molar-refractivity contribution < 1.29 is 14.2 Å². The number of hydrogen-bond acceptors (Lipinski definition) is 4. The number of rotatable bonds is 1. The third kappa shape index (κ3) is 3.32. The lowest BCUT2D eigenvalue weighted by atomic mass is 9.96. The molecule has 0 bridgehead atoms. The van der Waals surface area contributed by atoms with E-state index in [2.05, 4.69) is 25.1 Å². The van der Waals surface area contributed by atoms with Gasteiger partial charge in [-0.15, -0.1) is 0 Å². The second-order valence-corrected chi connectivity index (χ2v) is 6.63. The largest absolute Gasteiger partial charge is 0.366 e. The van der Waals surface area contributed by atoms with E-state index >= 15 is 0 Å². The van der Waals surface area contributed by atoms with Crippen molar-refractivity contribution >= 4 is 10.9 Å². The van der Waals surface area contributed by atoms with Crippen LogP contribution in [0.3, 0.4) is 0 Å². The Morgan fingerprint density at radius 2 is 1.79 bits per heavy atom. The van der Waals surface area contributed by atoms with Crippen LogP contribution in [-0.2, 0) is 14.2 Å². The molecule has 4 atom stereocenters. The van der Waals surface area contributed by atoms with Crippen molar-refractivity contribution in [1.29, 1.82) is 0 Å². The predicted molar refractivity (Wildman–Crippen MR) is 94.8 cm³/mol. The highest BCUT2D eigenvalue weighted by atomic mass is 16.8. The maximum atomic E-state index is 6.16. The van der Waals surface area contributed by atoms with Crippen molar-refractivity contribution in [2.45, 2.75) is 71.2 Å². The molecule has 0 N–H and O–H groups in total.